The highest BCUT2D eigenvalue weighted by atomic mass is 32.1. The number of hydrogen-bond acceptors (Lipinski definition) is 3. The Morgan fingerprint density at radius 2 is 2.00 bits per heavy atom. The van der Waals surface area contributed by atoms with E-state index in [1.165, 1.54) is 6.07 Å². The predicted molar refractivity (Wildman–Crippen MR) is 73.4 cm³/mol. The minimum absolute atomic E-state index is 0.151. The molecule has 1 fully saturated rings. The third-order valence-electron chi connectivity index (χ3n) is 3.32. The molecule has 5 heteroatoms. The van der Waals surface area contributed by atoms with Crippen molar-refractivity contribution in [3.05, 3.63) is 21.9 Å². The lowest BCUT2D eigenvalue weighted by Gasteiger charge is -2.26. The van der Waals surface area contributed by atoms with E-state index >= 15 is 0 Å². The number of nitrogens with zero attached hydrogens (tertiary/aromatic N) is 1. The van der Waals surface area contributed by atoms with Gasteiger partial charge in [0.15, 0.2) is 0 Å². The molecule has 0 atom stereocenters. The number of carboxylic acid groups (broad SMARTS) is 1. The van der Waals surface area contributed by atoms with E-state index in [1.807, 2.05) is 0 Å². The van der Waals surface area contributed by atoms with Crippen LogP contribution in [0.2, 0.25) is 0 Å². The Morgan fingerprint density at radius 1 is 1.37 bits per heavy atom. The molecule has 0 radical (unpaired) electrons. The molecule has 1 aliphatic rings. The van der Waals surface area contributed by atoms with Crippen LogP contribution in [-0.2, 0) is 0 Å². The second kappa shape index (κ2) is 5.89. The van der Waals surface area contributed by atoms with Crippen molar-refractivity contribution in [3.63, 3.8) is 0 Å². The van der Waals surface area contributed by atoms with Crippen molar-refractivity contribution in [3.8, 4) is 12.3 Å². The van der Waals surface area contributed by atoms with Crippen molar-refractivity contribution in [2.24, 2.45) is 0 Å². The summed E-state index contributed by atoms with van der Waals surface area (Å²) in [5.41, 5.74) is 0. The molecule has 0 aliphatic heterocycles. The smallest absolute Gasteiger partial charge is 0.345 e. The lowest BCUT2D eigenvalue weighted by molar-refractivity contribution is 0.0699. The predicted octanol–water partition coefficient (Wildman–Crippen LogP) is 2.46. The molecule has 1 amide bonds. The van der Waals surface area contributed by atoms with Gasteiger partial charge in [-0.05, 0) is 25.0 Å². The van der Waals surface area contributed by atoms with Crippen LogP contribution in [-0.4, -0.2) is 34.5 Å². The fraction of sp³-hybridized carbons (Fsp3) is 0.429. The molecule has 2 rings (SSSR count). The van der Waals surface area contributed by atoms with Crippen molar-refractivity contribution < 1.29 is 14.7 Å². The highest BCUT2D eigenvalue weighted by molar-refractivity contribution is 7.15. The lowest BCUT2D eigenvalue weighted by Crippen LogP contribution is -2.38. The third-order valence-corrected chi connectivity index (χ3v) is 4.38. The number of carbonyl (C=O) groups excluding carboxylic acids is 1. The Morgan fingerprint density at radius 3 is 2.53 bits per heavy atom. The van der Waals surface area contributed by atoms with Crippen molar-refractivity contribution in [1.82, 2.24) is 4.90 Å². The maximum atomic E-state index is 12.4. The number of aromatic carboxylic acids is 1. The monoisotopic (exact) mass is 277 g/mol. The van der Waals surface area contributed by atoms with Crippen molar-refractivity contribution in [2.45, 2.75) is 31.7 Å². The molecule has 1 N–H and O–H groups in total. The van der Waals surface area contributed by atoms with Crippen LogP contribution in [0.5, 0.6) is 0 Å². The summed E-state index contributed by atoms with van der Waals surface area (Å²) in [6.07, 6.45) is 9.52. The van der Waals surface area contributed by atoms with Gasteiger partial charge in [0.05, 0.1) is 11.4 Å². The molecule has 4 nitrogen and oxygen atoms in total. The molecule has 1 heterocycles. The molecule has 0 bridgehead atoms. The van der Waals surface area contributed by atoms with E-state index < -0.39 is 5.97 Å². The van der Waals surface area contributed by atoms with Gasteiger partial charge in [-0.15, -0.1) is 17.8 Å². The largest absolute Gasteiger partial charge is 0.477 e. The number of carbonyl (C=O) groups is 2. The van der Waals surface area contributed by atoms with Crippen LogP contribution in [0.4, 0.5) is 0 Å². The molecule has 0 saturated heterocycles. The van der Waals surface area contributed by atoms with Crippen molar-refractivity contribution >= 4 is 23.2 Å². The molecule has 0 aromatic carbocycles. The molecular formula is C14H15NO3S. The number of rotatable bonds is 4. The van der Waals surface area contributed by atoms with E-state index in [2.05, 4.69) is 5.92 Å². The molecule has 100 valence electrons. The zero-order valence-electron chi connectivity index (χ0n) is 10.5. The fourth-order valence-corrected chi connectivity index (χ4v) is 3.19. The maximum absolute atomic E-state index is 12.4. The van der Waals surface area contributed by atoms with Crippen LogP contribution in [0.25, 0.3) is 0 Å². The number of terminal acetylenes is 1. The van der Waals surface area contributed by atoms with Gasteiger partial charge >= 0.3 is 5.97 Å². The molecule has 0 spiro atoms. The second-order valence-corrected chi connectivity index (χ2v) is 5.63. The molecule has 1 aromatic heterocycles. The first kappa shape index (κ1) is 13.6. The summed E-state index contributed by atoms with van der Waals surface area (Å²) < 4.78 is 0. The van der Waals surface area contributed by atoms with E-state index in [9.17, 15) is 9.59 Å². The molecule has 1 aliphatic carbocycles. The minimum atomic E-state index is -1.01. The molecule has 19 heavy (non-hydrogen) atoms. The van der Waals surface area contributed by atoms with Crippen molar-refractivity contribution in [2.75, 3.05) is 6.54 Å². The topological polar surface area (TPSA) is 57.6 Å². The van der Waals surface area contributed by atoms with E-state index in [4.69, 9.17) is 11.5 Å². The Bertz CT molecular complexity index is 523. The van der Waals surface area contributed by atoms with Gasteiger partial charge in [0, 0.05) is 6.04 Å². The summed E-state index contributed by atoms with van der Waals surface area (Å²) >= 11 is 1.00. The molecule has 1 saturated carbocycles. The summed E-state index contributed by atoms with van der Waals surface area (Å²) in [4.78, 5) is 25.6. The summed E-state index contributed by atoms with van der Waals surface area (Å²) in [6.45, 7) is 0.282. The van der Waals surface area contributed by atoms with Crippen LogP contribution in [0.3, 0.4) is 0 Å². The molecule has 0 unspecified atom stereocenters. The highest BCUT2D eigenvalue weighted by Crippen LogP contribution is 2.26. The van der Waals surface area contributed by atoms with E-state index in [0.717, 1.165) is 37.0 Å². The Kier molecular flexibility index (Phi) is 4.23. The number of thiophene rings is 1. The summed E-state index contributed by atoms with van der Waals surface area (Å²) in [6, 6.07) is 3.22. The normalized spacial score (nSPS) is 15.1. The summed E-state index contributed by atoms with van der Waals surface area (Å²) in [5, 5.41) is 8.89. The summed E-state index contributed by atoms with van der Waals surface area (Å²) in [5.74, 6) is 1.36. The first-order valence-electron chi connectivity index (χ1n) is 6.21. The standard InChI is InChI=1S/C14H15NO3S/c1-2-9-15(10-5-3-4-6-10)13(16)11-7-8-12(19-11)14(17)18/h1,7-8,10H,3-6,9H2,(H,17,18). The number of amides is 1. The van der Waals surface area contributed by atoms with Crippen molar-refractivity contribution in [1.29, 1.82) is 0 Å². The zero-order valence-corrected chi connectivity index (χ0v) is 11.3. The first-order chi connectivity index (χ1) is 9.13. The highest BCUT2D eigenvalue weighted by Gasteiger charge is 2.27. The van der Waals surface area contributed by atoms with Gasteiger partial charge < -0.3 is 10.0 Å². The molecular weight excluding hydrogens is 262 g/mol. The average Bonchev–Trinajstić information content (AvgIpc) is 3.05. The van der Waals surface area contributed by atoms with E-state index in [-0.39, 0.29) is 23.4 Å². The fourth-order valence-electron chi connectivity index (χ4n) is 2.39. The maximum Gasteiger partial charge on any atom is 0.345 e. The minimum Gasteiger partial charge on any atom is -0.477 e. The molecule has 1 aromatic rings. The van der Waals surface area contributed by atoms with Gasteiger partial charge in [-0.2, -0.15) is 0 Å². The van der Waals surface area contributed by atoms with Crippen LogP contribution >= 0.6 is 11.3 Å². The van der Waals surface area contributed by atoms with Gasteiger partial charge in [0.1, 0.15) is 4.88 Å². The second-order valence-electron chi connectivity index (χ2n) is 4.54. The number of hydrogen-bond donors (Lipinski definition) is 1. The van der Waals surface area contributed by atoms with Crippen LogP contribution in [0.1, 0.15) is 45.0 Å². The van der Waals surface area contributed by atoms with E-state index in [1.54, 1.807) is 11.0 Å². The van der Waals surface area contributed by atoms with Gasteiger partial charge in [0.2, 0.25) is 0 Å². The SMILES string of the molecule is C#CCN(C(=O)c1ccc(C(=O)O)s1)C1CCCC1. The summed E-state index contributed by atoms with van der Waals surface area (Å²) in [7, 11) is 0. The first-order valence-corrected chi connectivity index (χ1v) is 7.02. The average molecular weight is 277 g/mol. The lowest BCUT2D eigenvalue weighted by atomic mass is 10.2. The van der Waals surface area contributed by atoms with Gasteiger partial charge in [0.25, 0.3) is 5.91 Å². The van der Waals surface area contributed by atoms with E-state index in [0.29, 0.717) is 4.88 Å². The van der Waals surface area contributed by atoms with Crippen LogP contribution < -0.4 is 0 Å². The van der Waals surface area contributed by atoms with Crippen LogP contribution in [0.15, 0.2) is 12.1 Å². The quantitative estimate of drug-likeness (QED) is 0.860. The Hall–Kier alpha value is -1.80. The van der Waals surface area contributed by atoms with Gasteiger partial charge in [-0.25, -0.2) is 4.79 Å². The van der Waals surface area contributed by atoms with Gasteiger partial charge in [-0.3, -0.25) is 4.79 Å². The number of carboxylic acids is 1. The van der Waals surface area contributed by atoms with Crippen LogP contribution in [0, 0.1) is 12.3 Å². The zero-order chi connectivity index (χ0) is 13.8. The Labute approximate surface area is 116 Å². The Balaban J connectivity index is 2.18. The van der Waals surface area contributed by atoms with Gasteiger partial charge in [-0.1, -0.05) is 18.8 Å². The third kappa shape index (κ3) is 2.96.